The van der Waals surface area contributed by atoms with Gasteiger partial charge in [0.2, 0.25) is 0 Å². The fourth-order valence-corrected chi connectivity index (χ4v) is 2.33. The Morgan fingerprint density at radius 1 is 1.21 bits per heavy atom. The van der Waals surface area contributed by atoms with E-state index in [1.807, 2.05) is 0 Å². The van der Waals surface area contributed by atoms with Crippen LogP contribution in [0.3, 0.4) is 0 Å². The van der Waals surface area contributed by atoms with E-state index in [0.717, 1.165) is 30.0 Å². The highest BCUT2D eigenvalue weighted by atomic mass is 79.9. The summed E-state index contributed by atoms with van der Waals surface area (Å²) in [5.74, 6) is 0.107. The predicted molar refractivity (Wildman–Crippen MR) is 60.1 cm³/mol. The van der Waals surface area contributed by atoms with Gasteiger partial charge in [-0.3, -0.25) is 0 Å². The summed E-state index contributed by atoms with van der Waals surface area (Å²) >= 11 is 4.68. The third-order valence-electron chi connectivity index (χ3n) is 1.68. The lowest BCUT2D eigenvalue weighted by Crippen LogP contribution is -1.86. The first-order valence-electron chi connectivity index (χ1n) is 4.38. The van der Waals surface area contributed by atoms with E-state index < -0.39 is 0 Å². The van der Waals surface area contributed by atoms with E-state index >= 15 is 0 Å². The molecule has 0 N–H and O–H groups in total. The highest BCUT2D eigenvalue weighted by Gasteiger charge is 2.03. The summed E-state index contributed by atoms with van der Waals surface area (Å²) in [5.41, 5.74) is 0. The Hall–Kier alpha value is -0.0900. The van der Waals surface area contributed by atoms with Crippen LogP contribution in [0.5, 0.6) is 0 Å². The van der Waals surface area contributed by atoms with Crippen LogP contribution in [0, 0.1) is 11.6 Å². The van der Waals surface area contributed by atoms with Gasteiger partial charge in [0, 0.05) is 10.2 Å². The molecule has 0 amide bonds. The summed E-state index contributed by atoms with van der Waals surface area (Å²) in [6, 6.07) is 3.55. The van der Waals surface area contributed by atoms with Gasteiger partial charge in [0.1, 0.15) is 11.6 Å². The summed E-state index contributed by atoms with van der Waals surface area (Å²) in [4.78, 5) is 0.402. The fraction of sp³-hybridized carbons (Fsp3) is 0.400. The van der Waals surface area contributed by atoms with Crippen molar-refractivity contribution in [3.8, 4) is 0 Å². The van der Waals surface area contributed by atoms with E-state index in [9.17, 15) is 8.78 Å². The third-order valence-corrected chi connectivity index (χ3v) is 3.36. The molecule has 1 aromatic carbocycles. The smallest absolute Gasteiger partial charge is 0.136 e. The van der Waals surface area contributed by atoms with Gasteiger partial charge in [-0.1, -0.05) is 15.9 Å². The van der Waals surface area contributed by atoms with Crippen LogP contribution in [0.1, 0.15) is 12.8 Å². The summed E-state index contributed by atoms with van der Waals surface area (Å²) in [6.07, 6.45) is 2.07. The summed E-state index contributed by atoms with van der Waals surface area (Å²) in [6.45, 7) is 0. The monoisotopic (exact) mass is 280 g/mol. The molecule has 0 heterocycles. The normalized spacial score (nSPS) is 10.5. The van der Waals surface area contributed by atoms with Crippen LogP contribution in [0.2, 0.25) is 0 Å². The number of rotatable bonds is 5. The van der Waals surface area contributed by atoms with Crippen molar-refractivity contribution in [1.29, 1.82) is 0 Å². The third kappa shape index (κ3) is 3.96. The largest absolute Gasteiger partial charge is 0.207 e. The number of hydrogen-bond donors (Lipinski definition) is 0. The van der Waals surface area contributed by atoms with Crippen molar-refractivity contribution in [2.24, 2.45) is 0 Å². The van der Waals surface area contributed by atoms with Crippen molar-refractivity contribution in [3.63, 3.8) is 0 Å². The molecule has 0 atom stereocenters. The first kappa shape index (κ1) is 12.0. The van der Waals surface area contributed by atoms with Crippen LogP contribution < -0.4 is 0 Å². The molecule has 1 rings (SSSR count). The van der Waals surface area contributed by atoms with Gasteiger partial charge >= 0.3 is 0 Å². The van der Waals surface area contributed by atoms with E-state index in [1.165, 1.54) is 23.9 Å². The Bertz CT molecular complexity index is 291. The first-order chi connectivity index (χ1) is 6.74. The average Bonchev–Trinajstić information content (AvgIpc) is 2.18. The van der Waals surface area contributed by atoms with Gasteiger partial charge in [-0.2, -0.15) is 0 Å². The minimum atomic E-state index is -0.380. The first-order valence-corrected chi connectivity index (χ1v) is 6.48. The zero-order valence-corrected chi connectivity index (χ0v) is 10.0. The number of hydrogen-bond acceptors (Lipinski definition) is 1. The van der Waals surface area contributed by atoms with Gasteiger partial charge in [-0.15, -0.1) is 11.8 Å². The molecule has 0 unspecified atom stereocenters. The minimum absolute atomic E-state index is 0.338. The van der Waals surface area contributed by atoms with Crippen molar-refractivity contribution in [3.05, 3.63) is 29.8 Å². The van der Waals surface area contributed by atoms with Crippen molar-refractivity contribution >= 4 is 27.7 Å². The molecule has 0 aliphatic rings. The maximum absolute atomic E-state index is 13.1. The molecule has 0 nitrogen and oxygen atoms in total. The molecule has 0 saturated heterocycles. The second kappa shape index (κ2) is 6.40. The lowest BCUT2D eigenvalue weighted by molar-refractivity contribution is 0.577. The van der Waals surface area contributed by atoms with Gasteiger partial charge in [0.05, 0.1) is 0 Å². The molecule has 1 aromatic rings. The van der Waals surface area contributed by atoms with Gasteiger partial charge in [0.15, 0.2) is 0 Å². The van der Waals surface area contributed by atoms with Gasteiger partial charge < -0.3 is 0 Å². The van der Waals surface area contributed by atoms with Crippen LogP contribution in [-0.4, -0.2) is 11.1 Å². The highest BCUT2D eigenvalue weighted by Crippen LogP contribution is 2.23. The van der Waals surface area contributed by atoms with Crippen LogP contribution in [0.25, 0.3) is 0 Å². The lowest BCUT2D eigenvalue weighted by Gasteiger charge is -2.02. The second-order valence-electron chi connectivity index (χ2n) is 2.82. The Morgan fingerprint density at radius 3 is 2.71 bits per heavy atom. The quantitative estimate of drug-likeness (QED) is 0.442. The van der Waals surface area contributed by atoms with E-state index in [2.05, 4.69) is 15.9 Å². The lowest BCUT2D eigenvalue weighted by atomic mass is 10.3. The molecular formula is C10H11BrF2S. The van der Waals surface area contributed by atoms with Crippen molar-refractivity contribution in [1.82, 2.24) is 0 Å². The number of unbranched alkanes of at least 4 members (excludes halogenated alkanes) is 1. The van der Waals surface area contributed by atoms with Crippen LogP contribution in [0.15, 0.2) is 23.1 Å². The number of benzene rings is 1. The molecule has 0 spiro atoms. The standard InChI is InChI=1S/C10H11BrF2S/c11-5-1-2-6-14-10-7-8(12)3-4-9(10)13/h3-4,7H,1-2,5-6H2. The van der Waals surface area contributed by atoms with Crippen LogP contribution in [0.4, 0.5) is 8.78 Å². The van der Waals surface area contributed by atoms with E-state index in [1.54, 1.807) is 0 Å². The summed E-state index contributed by atoms with van der Waals surface area (Å²) in [5, 5.41) is 0.958. The topological polar surface area (TPSA) is 0 Å². The Balaban J connectivity index is 2.45. The molecule has 14 heavy (non-hydrogen) atoms. The van der Waals surface area contributed by atoms with Crippen molar-refractivity contribution < 1.29 is 8.78 Å². The summed E-state index contributed by atoms with van der Waals surface area (Å²) in [7, 11) is 0. The molecule has 4 heteroatoms. The maximum atomic E-state index is 13.1. The second-order valence-corrected chi connectivity index (χ2v) is 4.75. The predicted octanol–water partition coefficient (Wildman–Crippen LogP) is 4.23. The minimum Gasteiger partial charge on any atom is -0.207 e. The van der Waals surface area contributed by atoms with Crippen molar-refractivity contribution in [2.75, 3.05) is 11.1 Å². The SMILES string of the molecule is Fc1ccc(F)c(SCCCCBr)c1. The molecular weight excluding hydrogens is 270 g/mol. The van der Waals surface area contributed by atoms with Crippen molar-refractivity contribution in [2.45, 2.75) is 17.7 Å². The van der Waals surface area contributed by atoms with E-state index in [0.29, 0.717) is 4.90 Å². The van der Waals surface area contributed by atoms with Gasteiger partial charge in [0.25, 0.3) is 0 Å². The van der Waals surface area contributed by atoms with Crippen LogP contribution in [-0.2, 0) is 0 Å². The molecule has 0 aliphatic carbocycles. The van der Waals surface area contributed by atoms with E-state index in [4.69, 9.17) is 0 Å². The molecule has 0 aliphatic heterocycles. The average molecular weight is 281 g/mol. The Kier molecular flexibility index (Phi) is 5.48. The number of halogens is 3. The molecule has 0 saturated carbocycles. The van der Waals surface area contributed by atoms with E-state index in [-0.39, 0.29) is 11.6 Å². The van der Waals surface area contributed by atoms with Crippen LogP contribution >= 0.6 is 27.7 Å². The van der Waals surface area contributed by atoms with Gasteiger partial charge in [-0.05, 0) is 36.8 Å². The Morgan fingerprint density at radius 2 is 2.00 bits per heavy atom. The molecule has 0 aromatic heterocycles. The summed E-state index contributed by atoms with van der Waals surface area (Å²) < 4.78 is 25.8. The zero-order chi connectivity index (χ0) is 10.4. The van der Waals surface area contributed by atoms with Gasteiger partial charge in [-0.25, -0.2) is 8.78 Å². The molecule has 0 radical (unpaired) electrons. The Labute approximate surface area is 95.2 Å². The molecule has 0 bridgehead atoms. The fourth-order valence-electron chi connectivity index (χ4n) is 0.966. The maximum Gasteiger partial charge on any atom is 0.136 e. The number of alkyl halides is 1. The highest BCUT2D eigenvalue weighted by molar-refractivity contribution is 9.09. The zero-order valence-electron chi connectivity index (χ0n) is 7.60. The number of thioether (sulfide) groups is 1. The molecule has 0 fully saturated rings. The molecule has 78 valence electrons.